The summed E-state index contributed by atoms with van der Waals surface area (Å²) < 4.78 is 113. The molecule has 4 aromatic rings. The highest BCUT2D eigenvalue weighted by Gasteiger charge is 2.46. The van der Waals surface area contributed by atoms with E-state index in [-0.39, 0.29) is 35.8 Å². The Balaban J connectivity index is 1.40. The quantitative estimate of drug-likeness (QED) is 0.0368. The van der Waals surface area contributed by atoms with Crippen LogP contribution in [0.1, 0.15) is 70.4 Å². The highest BCUT2D eigenvalue weighted by molar-refractivity contribution is 7.89. The predicted molar refractivity (Wildman–Crippen MR) is 249 cm³/mol. The number of carboxylic acid groups (broad SMARTS) is 1. The monoisotopic (exact) mass is 950 g/mol. The fraction of sp³-hybridized carbons (Fsp3) is 0.404. The number of hydrogen-bond donors (Lipinski definition) is 2. The largest absolute Gasteiger partial charge is 0.748 e. The number of fused-ring (bicyclic) bond motifs is 6. The lowest BCUT2D eigenvalue weighted by Gasteiger charge is -2.31. The van der Waals surface area contributed by atoms with Gasteiger partial charge in [-0.2, -0.15) is 4.58 Å². The van der Waals surface area contributed by atoms with Crippen LogP contribution in [-0.4, -0.2) is 109 Å². The third-order valence-electron chi connectivity index (χ3n) is 12.3. The van der Waals surface area contributed by atoms with Crippen molar-refractivity contribution in [2.45, 2.75) is 79.9 Å². The van der Waals surface area contributed by atoms with Gasteiger partial charge in [0.25, 0.3) is 0 Å². The van der Waals surface area contributed by atoms with Gasteiger partial charge in [0.2, 0.25) is 15.7 Å². The molecule has 0 saturated carbocycles. The number of benzene rings is 4. The van der Waals surface area contributed by atoms with Crippen molar-refractivity contribution in [3.63, 3.8) is 0 Å². The Kier molecular flexibility index (Phi) is 15.3. The minimum Gasteiger partial charge on any atom is -0.748 e. The SMILES string of the molecule is COCCNS(=O)(=O)c1ccc2c3c(ccc2c1)N(CCOC)C(=CC=CC=CC1=[N+](CCCCCC(=O)O)c2ccc4cc(S(=O)(=O)[O-])ccc4c2C1(C)C)C3(C)CCCS(=O)(=O)[O-]. The average molecular weight is 951 g/mol. The molecule has 6 rings (SSSR count). The summed E-state index contributed by atoms with van der Waals surface area (Å²) in [7, 11) is -9.95. The van der Waals surface area contributed by atoms with Gasteiger partial charge in [0, 0.05) is 80.4 Å². The summed E-state index contributed by atoms with van der Waals surface area (Å²) >= 11 is 0. The Morgan fingerprint density at radius 2 is 1.46 bits per heavy atom. The number of nitrogens with zero attached hydrogens (tertiary/aromatic N) is 2. The number of ether oxygens (including phenoxy) is 2. The average Bonchev–Trinajstić information content (AvgIpc) is 3.60. The molecule has 0 fully saturated rings. The Morgan fingerprint density at radius 1 is 0.800 bits per heavy atom. The Morgan fingerprint density at radius 3 is 2.12 bits per heavy atom. The van der Waals surface area contributed by atoms with Crippen LogP contribution in [0.25, 0.3) is 21.5 Å². The fourth-order valence-electron chi connectivity index (χ4n) is 9.29. The fourth-order valence-corrected chi connectivity index (χ4v) is 11.3. The Hall–Kier alpha value is -4.79. The van der Waals surface area contributed by atoms with E-state index in [2.05, 4.69) is 28.0 Å². The topological polar surface area (TPSA) is 223 Å². The van der Waals surface area contributed by atoms with Crippen molar-refractivity contribution in [2.75, 3.05) is 57.7 Å². The van der Waals surface area contributed by atoms with Crippen molar-refractivity contribution in [1.82, 2.24) is 4.72 Å². The van der Waals surface area contributed by atoms with Crippen LogP contribution in [0.3, 0.4) is 0 Å². The molecule has 18 heteroatoms. The van der Waals surface area contributed by atoms with Crippen LogP contribution >= 0.6 is 0 Å². The Labute approximate surface area is 381 Å². The van der Waals surface area contributed by atoms with Crippen molar-refractivity contribution < 1.29 is 58.3 Å². The van der Waals surface area contributed by atoms with E-state index in [9.17, 15) is 44.3 Å². The molecule has 0 amide bonds. The first-order valence-electron chi connectivity index (χ1n) is 21.4. The summed E-state index contributed by atoms with van der Waals surface area (Å²) in [6.07, 6.45) is 12.1. The third-order valence-corrected chi connectivity index (χ3v) is 15.4. The summed E-state index contributed by atoms with van der Waals surface area (Å²) in [5, 5.41) is 12.1. The van der Waals surface area contributed by atoms with Gasteiger partial charge in [0.1, 0.15) is 16.7 Å². The van der Waals surface area contributed by atoms with Gasteiger partial charge in [-0.3, -0.25) is 4.79 Å². The summed E-state index contributed by atoms with van der Waals surface area (Å²) in [6.45, 7) is 7.87. The first kappa shape index (κ1) is 49.6. The van der Waals surface area contributed by atoms with Crippen molar-refractivity contribution in [3.8, 4) is 0 Å². The second-order valence-electron chi connectivity index (χ2n) is 17.0. The maximum absolute atomic E-state index is 13.2. The van der Waals surface area contributed by atoms with Crippen molar-refractivity contribution in [2.24, 2.45) is 0 Å². The van der Waals surface area contributed by atoms with Crippen LogP contribution in [0.15, 0.2) is 107 Å². The van der Waals surface area contributed by atoms with Crippen LogP contribution in [0, 0.1) is 0 Å². The summed E-state index contributed by atoms with van der Waals surface area (Å²) in [6, 6.07) is 16.8. The summed E-state index contributed by atoms with van der Waals surface area (Å²) in [5.41, 5.74) is 3.99. The van der Waals surface area contributed by atoms with Crippen LogP contribution in [-0.2, 0) is 55.4 Å². The van der Waals surface area contributed by atoms with Crippen molar-refractivity contribution >= 4 is 74.9 Å². The van der Waals surface area contributed by atoms with Gasteiger partial charge in [-0.15, -0.1) is 0 Å². The third kappa shape index (κ3) is 10.9. The zero-order valence-electron chi connectivity index (χ0n) is 37.2. The zero-order valence-corrected chi connectivity index (χ0v) is 39.7. The van der Waals surface area contributed by atoms with Gasteiger partial charge < -0.3 is 28.6 Å². The van der Waals surface area contributed by atoms with Crippen LogP contribution < -0.4 is 9.62 Å². The lowest BCUT2D eigenvalue weighted by Crippen LogP contribution is -2.31. The smallest absolute Gasteiger partial charge is 0.303 e. The van der Waals surface area contributed by atoms with Gasteiger partial charge in [-0.25, -0.2) is 30.0 Å². The van der Waals surface area contributed by atoms with Gasteiger partial charge in [-0.1, -0.05) is 36.4 Å². The zero-order chi connectivity index (χ0) is 47.4. The number of rotatable bonds is 22. The standard InChI is InChI=1S/C47H57N3O12S3/c1-46(2)41(49(26-11-7-10-15-43(51)52)39-22-16-34-32-36(65(58,59)60)19-21-37(34)44(39)46)13-8-6-9-14-42-47(3,24-12-30-63(53,54)55)45-38-20-18-35(64(56,57)48-25-28-61-4)31-33(38)17-23-40(45)50(42)27-29-62-5/h6,8-9,13-14,16-23,31-32,48H,7,10-12,15,24-30H2,1-5H3,(H2-,51,52,53,54,55,58,59,60)/p-1. The van der Waals surface area contributed by atoms with Crippen molar-refractivity contribution in [3.05, 3.63) is 108 Å². The molecule has 0 bridgehead atoms. The molecule has 1 unspecified atom stereocenters. The second-order valence-corrected chi connectivity index (χ2v) is 21.7. The van der Waals surface area contributed by atoms with E-state index in [1.807, 2.05) is 55.5 Å². The molecule has 65 heavy (non-hydrogen) atoms. The molecule has 2 aliphatic heterocycles. The van der Waals surface area contributed by atoms with E-state index in [4.69, 9.17) is 9.47 Å². The molecule has 0 aliphatic carbocycles. The lowest BCUT2D eigenvalue weighted by molar-refractivity contribution is -0.438. The van der Waals surface area contributed by atoms with E-state index < -0.39 is 52.8 Å². The summed E-state index contributed by atoms with van der Waals surface area (Å²) in [5.74, 6) is -1.40. The number of anilines is 1. The van der Waals surface area contributed by atoms with Crippen LogP contribution in [0.2, 0.25) is 0 Å². The number of allylic oxidation sites excluding steroid dienone is 6. The molecule has 0 radical (unpaired) electrons. The summed E-state index contributed by atoms with van der Waals surface area (Å²) in [4.78, 5) is 13.1. The molecule has 4 aromatic carbocycles. The van der Waals surface area contributed by atoms with Gasteiger partial charge in [-0.05, 0) is 116 Å². The normalized spacial score (nSPS) is 18.3. The number of methoxy groups -OCH3 is 2. The second kappa shape index (κ2) is 20.0. The van der Waals surface area contributed by atoms with Gasteiger partial charge >= 0.3 is 5.97 Å². The number of carbonyl (C=O) groups is 1. The lowest BCUT2D eigenvalue weighted by atomic mass is 9.76. The number of hydrogen-bond acceptors (Lipinski definition) is 12. The van der Waals surface area contributed by atoms with Gasteiger partial charge in [0.15, 0.2) is 5.71 Å². The number of unbranched alkanes of at least 4 members (excludes halogenated alkanes) is 2. The van der Waals surface area contributed by atoms with E-state index in [0.29, 0.717) is 56.2 Å². The molecule has 2 N–H and O–H groups in total. The number of aliphatic carboxylic acids is 1. The highest BCUT2D eigenvalue weighted by Crippen LogP contribution is 2.53. The molecule has 0 saturated heterocycles. The van der Waals surface area contributed by atoms with Crippen LogP contribution in [0.5, 0.6) is 0 Å². The molecular formula is C47H56N3O12S3-. The highest BCUT2D eigenvalue weighted by atomic mass is 32.2. The number of carboxylic acids is 1. The molecule has 0 spiro atoms. The van der Waals surface area contributed by atoms with Crippen LogP contribution in [0.4, 0.5) is 11.4 Å². The minimum atomic E-state index is -4.67. The minimum absolute atomic E-state index is 0.0775. The molecular weight excluding hydrogens is 895 g/mol. The Bertz CT molecular complexity index is 2940. The van der Waals surface area contributed by atoms with E-state index >= 15 is 0 Å². The molecule has 0 aromatic heterocycles. The van der Waals surface area contributed by atoms with E-state index in [1.54, 1.807) is 37.4 Å². The molecule has 1 atom stereocenters. The first-order chi connectivity index (χ1) is 30.6. The molecule has 2 aliphatic rings. The first-order valence-corrected chi connectivity index (χ1v) is 25.8. The maximum Gasteiger partial charge on any atom is 0.303 e. The molecule has 2 heterocycles. The van der Waals surface area contributed by atoms with Gasteiger partial charge in [0.05, 0.1) is 38.5 Å². The number of sulfonamides is 1. The maximum atomic E-state index is 13.2. The van der Waals surface area contributed by atoms with E-state index in [0.717, 1.165) is 44.7 Å². The number of nitrogens with one attached hydrogen (secondary N) is 1. The predicted octanol–water partition coefficient (Wildman–Crippen LogP) is 6.59. The van der Waals surface area contributed by atoms with Crippen molar-refractivity contribution in [1.29, 1.82) is 0 Å². The molecule has 350 valence electrons. The molecule has 15 nitrogen and oxygen atoms in total. The van der Waals surface area contributed by atoms with E-state index in [1.165, 1.54) is 19.2 Å².